The van der Waals surface area contributed by atoms with Crippen LogP contribution in [0.1, 0.15) is 67.1 Å². The van der Waals surface area contributed by atoms with Gasteiger partial charge in [-0.15, -0.1) is 6.58 Å². The van der Waals surface area contributed by atoms with Crippen molar-refractivity contribution in [3.05, 3.63) is 71.3 Å². The van der Waals surface area contributed by atoms with Gasteiger partial charge in [0, 0.05) is 18.8 Å². The molecule has 6 nitrogen and oxygen atoms in total. The van der Waals surface area contributed by atoms with Crippen molar-refractivity contribution >= 4 is 17.6 Å². The Bertz CT molecular complexity index is 995. The van der Waals surface area contributed by atoms with Crippen molar-refractivity contribution in [3.63, 3.8) is 0 Å². The van der Waals surface area contributed by atoms with E-state index in [0.29, 0.717) is 18.6 Å². The number of benzene rings is 2. The summed E-state index contributed by atoms with van der Waals surface area (Å²) in [4.78, 5) is 26.9. The first-order valence-electron chi connectivity index (χ1n) is 11.7. The highest BCUT2D eigenvalue weighted by molar-refractivity contribution is 5.91. The Morgan fingerprint density at radius 3 is 2.55 bits per heavy atom. The van der Waals surface area contributed by atoms with Crippen molar-refractivity contribution in [3.8, 4) is 5.75 Å². The molecule has 1 atom stereocenters. The number of rotatable bonds is 10. The van der Waals surface area contributed by atoms with E-state index in [0.717, 1.165) is 24.2 Å². The molecule has 0 aliphatic carbocycles. The molecule has 1 fully saturated rings. The number of amides is 1. The van der Waals surface area contributed by atoms with Gasteiger partial charge in [0.05, 0.1) is 19.1 Å². The summed E-state index contributed by atoms with van der Waals surface area (Å²) in [7, 11) is 0. The number of anilines is 1. The molecule has 1 aliphatic rings. The smallest absolute Gasteiger partial charge is 0.339 e. The standard InChI is InChI=1S/C27H34N2O4/c1-4-33-25-17-20(12-13-22(25)27(31)32)18-26(30)28-23(16-19(2)3)21-10-6-7-11-24(21)29-14-8-5-9-15-29/h6-7,10-13,17,23H,2,4-5,8-9,14-16,18H2,1,3H3,(H,28,30)(H,31,32). The highest BCUT2D eigenvalue weighted by Gasteiger charge is 2.22. The maximum absolute atomic E-state index is 13.0. The SMILES string of the molecule is C=C(C)CC(NC(=O)Cc1ccc(C(=O)O)c(OCC)c1)c1ccccc1N1CCCCC1. The van der Waals surface area contributed by atoms with Crippen LogP contribution in [0.5, 0.6) is 5.75 Å². The van der Waals surface area contributed by atoms with Crippen molar-refractivity contribution in [1.82, 2.24) is 5.32 Å². The minimum atomic E-state index is -1.05. The van der Waals surface area contributed by atoms with Gasteiger partial charge in [-0.3, -0.25) is 4.79 Å². The average Bonchev–Trinajstić information content (AvgIpc) is 2.79. The number of ether oxygens (including phenoxy) is 1. The summed E-state index contributed by atoms with van der Waals surface area (Å²) in [5.74, 6) is -0.894. The van der Waals surface area contributed by atoms with E-state index in [2.05, 4.69) is 28.9 Å². The molecule has 1 unspecified atom stereocenters. The molecule has 176 valence electrons. The zero-order valence-electron chi connectivity index (χ0n) is 19.6. The number of nitrogens with one attached hydrogen (secondary N) is 1. The first kappa shape index (κ1) is 24.4. The molecule has 0 aromatic heterocycles. The fraction of sp³-hybridized carbons (Fsp3) is 0.407. The van der Waals surface area contributed by atoms with Crippen LogP contribution in [-0.4, -0.2) is 36.7 Å². The van der Waals surface area contributed by atoms with Crippen LogP contribution in [0.15, 0.2) is 54.6 Å². The normalized spacial score (nSPS) is 14.4. The van der Waals surface area contributed by atoms with Gasteiger partial charge in [0.2, 0.25) is 5.91 Å². The largest absolute Gasteiger partial charge is 0.493 e. The molecule has 33 heavy (non-hydrogen) atoms. The molecular formula is C27H34N2O4. The third-order valence-corrected chi connectivity index (χ3v) is 5.84. The Balaban J connectivity index is 1.80. The van der Waals surface area contributed by atoms with Crippen molar-refractivity contribution in [2.24, 2.45) is 0 Å². The van der Waals surface area contributed by atoms with Crippen LogP contribution >= 0.6 is 0 Å². The van der Waals surface area contributed by atoms with E-state index in [1.165, 1.54) is 31.0 Å². The second kappa shape index (κ2) is 11.5. The molecule has 1 amide bonds. The van der Waals surface area contributed by atoms with Gasteiger partial charge in [0.1, 0.15) is 11.3 Å². The number of hydrogen-bond donors (Lipinski definition) is 2. The minimum absolute atomic E-state index is 0.0941. The van der Waals surface area contributed by atoms with Gasteiger partial charge in [-0.1, -0.05) is 29.8 Å². The highest BCUT2D eigenvalue weighted by atomic mass is 16.5. The maximum atomic E-state index is 13.0. The first-order valence-corrected chi connectivity index (χ1v) is 11.7. The fourth-order valence-corrected chi connectivity index (χ4v) is 4.35. The predicted octanol–water partition coefficient (Wildman–Crippen LogP) is 5.14. The molecule has 0 radical (unpaired) electrons. The molecule has 2 N–H and O–H groups in total. The Morgan fingerprint density at radius 2 is 1.88 bits per heavy atom. The number of carbonyl (C=O) groups is 2. The monoisotopic (exact) mass is 450 g/mol. The van der Waals surface area contributed by atoms with Crippen molar-refractivity contribution in [2.45, 2.75) is 52.0 Å². The molecular weight excluding hydrogens is 416 g/mol. The molecule has 1 aliphatic heterocycles. The van der Waals surface area contributed by atoms with Crippen LogP contribution in [0.25, 0.3) is 0 Å². The van der Waals surface area contributed by atoms with E-state index in [4.69, 9.17) is 4.74 Å². The Kier molecular flexibility index (Phi) is 8.52. The third kappa shape index (κ3) is 6.60. The molecule has 3 rings (SSSR count). The third-order valence-electron chi connectivity index (χ3n) is 5.84. The summed E-state index contributed by atoms with van der Waals surface area (Å²) in [6.07, 6.45) is 4.41. The lowest BCUT2D eigenvalue weighted by molar-refractivity contribution is -0.121. The van der Waals surface area contributed by atoms with Crippen LogP contribution in [0.2, 0.25) is 0 Å². The molecule has 0 spiro atoms. The second-order valence-corrected chi connectivity index (χ2v) is 8.63. The quantitative estimate of drug-likeness (QED) is 0.490. The lowest BCUT2D eigenvalue weighted by Gasteiger charge is -2.33. The number of hydrogen-bond acceptors (Lipinski definition) is 4. The Hall–Kier alpha value is -3.28. The van der Waals surface area contributed by atoms with Crippen LogP contribution in [0, 0.1) is 0 Å². The summed E-state index contributed by atoms with van der Waals surface area (Å²) in [5, 5.41) is 12.6. The second-order valence-electron chi connectivity index (χ2n) is 8.63. The van der Waals surface area contributed by atoms with Gasteiger partial charge in [-0.05, 0) is 68.9 Å². The van der Waals surface area contributed by atoms with Crippen LogP contribution in [-0.2, 0) is 11.2 Å². The number of piperidine rings is 1. The van der Waals surface area contributed by atoms with E-state index in [-0.39, 0.29) is 29.7 Å². The molecule has 1 saturated heterocycles. The fourth-order valence-electron chi connectivity index (χ4n) is 4.35. The van der Waals surface area contributed by atoms with Gasteiger partial charge < -0.3 is 20.1 Å². The summed E-state index contributed by atoms with van der Waals surface area (Å²) < 4.78 is 5.48. The van der Waals surface area contributed by atoms with Gasteiger partial charge in [0.25, 0.3) is 0 Å². The zero-order valence-corrected chi connectivity index (χ0v) is 19.6. The highest BCUT2D eigenvalue weighted by Crippen LogP contribution is 2.32. The van der Waals surface area contributed by atoms with E-state index >= 15 is 0 Å². The average molecular weight is 451 g/mol. The lowest BCUT2D eigenvalue weighted by atomic mass is 9.96. The Labute approximate surface area is 196 Å². The molecule has 6 heteroatoms. The van der Waals surface area contributed by atoms with Crippen molar-refractivity contribution in [2.75, 3.05) is 24.6 Å². The molecule has 2 aromatic rings. The number of nitrogens with zero attached hydrogens (tertiary/aromatic N) is 1. The van der Waals surface area contributed by atoms with E-state index < -0.39 is 5.97 Å². The molecule has 0 saturated carbocycles. The van der Waals surface area contributed by atoms with E-state index in [1.54, 1.807) is 19.1 Å². The van der Waals surface area contributed by atoms with Crippen molar-refractivity contribution in [1.29, 1.82) is 0 Å². The lowest BCUT2D eigenvalue weighted by Crippen LogP contribution is -2.34. The van der Waals surface area contributed by atoms with Crippen LogP contribution < -0.4 is 15.0 Å². The summed E-state index contributed by atoms with van der Waals surface area (Å²) in [6.45, 7) is 10.3. The van der Waals surface area contributed by atoms with Crippen LogP contribution in [0.3, 0.4) is 0 Å². The number of carboxylic acid groups (broad SMARTS) is 1. The van der Waals surface area contributed by atoms with E-state index in [9.17, 15) is 14.7 Å². The number of aromatic carboxylic acids is 1. The van der Waals surface area contributed by atoms with Crippen LogP contribution in [0.4, 0.5) is 5.69 Å². The van der Waals surface area contributed by atoms with Gasteiger partial charge in [-0.2, -0.15) is 0 Å². The van der Waals surface area contributed by atoms with Gasteiger partial charge in [0.15, 0.2) is 0 Å². The van der Waals surface area contributed by atoms with Crippen molar-refractivity contribution < 1.29 is 19.4 Å². The topological polar surface area (TPSA) is 78.9 Å². The minimum Gasteiger partial charge on any atom is -0.493 e. The predicted molar refractivity (Wildman–Crippen MR) is 131 cm³/mol. The summed E-state index contributed by atoms with van der Waals surface area (Å²) in [5.41, 5.74) is 4.08. The molecule has 1 heterocycles. The maximum Gasteiger partial charge on any atom is 0.339 e. The first-order chi connectivity index (χ1) is 15.9. The van der Waals surface area contributed by atoms with Gasteiger partial charge >= 0.3 is 5.97 Å². The van der Waals surface area contributed by atoms with Gasteiger partial charge in [-0.25, -0.2) is 4.79 Å². The summed E-state index contributed by atoms with van der Waals surface area (Å²) >= 11 is 0. The Morgan fingerprint density at radius 1 is 1.15 bits per heavy atom. The summed E-state index contributed by atoms with van der Waals surface area (Å²) in [6, 6.07) is 12.9. The molecule has 0 bridgehead atoms. The number of carbonyl (C=O) groups excluding carboxylic acids is 1. The number of para-hydroxylation sites is 1. The number of carboxylic acids is 1. The van der Waals surface area contributed by atoms with E-state index in [1.807, 2.05) is 19.1 Å². The zero-order chi connectivity index (χ0) is 23.8. The molecule has 2 aromatic carbocycles.